The van der Waals surface area contributed by atoms with Crippen molar-refractivity contribution in [2.45, 2.75) is 45.3 Å². The molecule has 27 heavy (non-hydrogen) atoms. The molecule has 0 fully saturated rings. The summed E-state index contributed by atoms with van der Waals surface area (Å²) in [4.78, 5) is 48.8. The number of nitrogens with two attached hydrogens (primary N) is 1. The van der Waals surface area contributed by atoms with Crippen molar-refractivity contribution < 1.29 is 33.8 Å². The molecule has 0 radical (unpaired) electrons. The zero-order valence-electron chi connectivity index (χ0n) is 15.5. The molecule has 1 aromatic carbocycles. The van der Waals surface area contributed by atoms with Crippen LogP contribution in [0.2, 0.25) is 0 Å². The third-order valence-corrected chi connectivity index (χ3v) is 3.25. The van der Waals surface area contributed by atoms with Gasteiger partial charge in [0, 0.05) is 0 Å². The minimum Gasteiger partial charge on any atom is -0.480 e. The standard InChI is InChI=1S/C18H24N2O7/c1-18(2,3)27-17(25)20(13(14(21)22)10-7-11-19)16(24)26-15(23)12-8-5-4-6-9-12/h4-6,8-9,13H,7,10-11,19H2,1-3H3,(H,21,22)/t13-/m0/s1. The lowest BCUT2D eigenvalue weighted by atomic mass is 10.1. The van der Waals surface area contributed by atoms with Crippen LogP contribution in [0.1, 0.15) is 44.0 Å². The first-order chi connectivity index (χ1) is 12.6. The van der Waals surface area contributed by atoms with Crippen molar-refractivity contribution in [2.24, 2.45) is 5.73 Å². The molecule has 0 aliphatic rings. The summed E-state index contributed by atoms with van der Waals surface area (Å²) in [6.07, 6.45) is -2.53. The van der Waals surface area contributed by atoms with E-state index in [0.29, 0.717) is 4.90 Å². The molecule has 0 aliphatic carbocycles. The first-order valence-electron chi connectivity index (χ1n) is 8.33. The van der Waals surface area contributed by atoms with Gasteiger partial charge in [-0.1, -0.05) is 18.2 Å². The zero-order chi connectivity index (χ0) is 20.6. The molecular weight excluding hydrogens is 356 g/mol. The van der Waals surface area contributed by atoms with Crippen molar-refractivity contribution in [3.63, 3.8) is 0 Å². The van der Waals surface area contributed by atoms with E-state index in [1.807, 2.05) is 0 Å². The summed E-state index contributed by atoms with van der Waals surface area (Å²) in [6.45, 7) is 4.82. The Balaban J connectivity index is 3.10. The number of ether oxygens (including phenoxy) is 2. The van der Waals surface area contributed by atoms with Gasteiger partial charge >= 0.3 is 24.1 Å². The number of carboxylic acids is 1. The molecule has 0 aromatic heterocycles. The first-order valence-corrected chi connectivity index (χ1v) is 8.33. The average Bonchev–Trinajstić information content (AvgIpc) is 2.57. The van der Waals surface area contributed by atoms with E-state index >= 15 is 0 Å². The summed E-state index contributed by atoms with van der Waals surface area (Å²) < 4.78 is 9.80. The monoisotopic (exact) mass is 380 g/mol. The van der Waals surface area contributed by atoms with Crippen LogP contribution in [0.15, 0.2) is 30.3 Å². The minimum absolute atomic E-state index is 0.0730. The molecule has 0 saturated carbocycles. The second-order valence-electron chi connectivity index (χ2n) is 6.66. The maximum atomic E-state index is 12.5. The zero-order valence-corrected chi connectivity index (χ0v) is 15.5. The van der Waals surface area contributed by atoms with Gasteiger partial charge in [-0.25, -0.2) is 19.2 Å². The second kappa shape index (κ2) is 9.67. The number of carboxylic acid groups (broad SMARTS) is 1. The normalized spacial score (nSPS) is 12.0. The fourth-order valence-corrected chi connectivity index (χ4v) is 2.08. The molecular formula is C18H24N2O7. The molecule has 0 aliphatic heterocycles. The lowest BCUT2D eigenvalue weighted by molar-refractivity contribution is -0.142. The predicted molar refractivity (Wildman–Crippen MR) is 95.0 cm³/mol. The van der Waals surface area contributed by atoms with E-state index in [1.165, 1.54) is 12.1 Å². The topological polar surface area (TPSA) is 136 Å². The van der Waals surface area contributed by atoms with Gasteiger partial charge in [0.15, 0.2) is 0 Å². The Morgan fingerprint density at radius 3 is 2.19 bits per heavy atom. The number of hydrogen-bond donors (Lipinski definition) is 2. The number of hydrogen-bond acceptors (Lipinski definition) is 7. The van der Waals surface area contributed by atoms with Gasteiger partial charge in [-0.3, -0.25) is 0 Å². The first kappa shape index (κ1) is 22.1. The van der Waals surface area contributed by atoms with Crippen molar-refractivity contribution in [1.82, 2.24) is 4.90 Å². The second-order valence-corrected chi connectivity index (χ2v) is 6.66. The number of carbonyl (C=O) groups excluding carboxylic acids is 3. The van der Waals surface area contributed by atoms with Gasteiger partial charge in [-0.15, -0.1) is 0 Å². The fraction of sp³-hybridized carbons (Fsp3) is 0.444. The third-order valence-electron chi connectivity index (χ3n) is 3.25. The Morgan fingerprint density at radius 1 is 1.11 bits per heavy atom. The Labute approximate surface area is 157 Å². The van der Waals surface area contributed by atoms with E-state index in [9.17, 15) is 24.3 Å². The van der Waals surface area contributed by atoms with Crippen LogP contribution in [0.3, 0.4) is 0 Å². The van der Waals surface area contributed by atoms with Gasteiger partial charge in [0.1, 0.15) is 11.6 Å². The van der Waals surface area contributed by atoms with Gasteiger partial charge in [-0.05, 0) is 52.3 Å². The summed E-state index contributed by atoms with van der Waals surface area (Å²) >= 11 is 0. The summed E-state index contributed by atoms with van der Waals surface area (Å²) in [7, 11) is 0. The number of esters is 1. The largest absolute Gasteiger partial charge is 0.480 e. The lowest BCUT2D eigenvalue weighted by Gasteiger charge is -2.29. The van der Waals surface area contributed by atoms with Crippen LogP contribution in [0.4, 0.5) is 9.59 Å². The van der Waals surface area contributed by atoms with E-state index in [1.54, 1.807) is 39.0 Å². The molecule has 9 nitrogen and oxygen atoms in total. The molecule has 0 heterocycles. The predicted octanol–water partition coefficient (Wildman–Crippen LogP) is 2.39. The van der Waals surface area contributed by atoms with E-state index in [0.717, 1.165) is 0 Å². The Hall–Kier alpha value is -2.94. The van der Waals surface area contributed by atoms with E-state index < -0.39 is 35.8 Å². The third kappa shape index (κ3) is 7.06. The number of imide groups is 1. The minimum atomic E-state index is -1.58. The quantitative estimate of drug-likeness (QED) is 0.567. The highest BCUT2D eigenvalue weighted by molar-refractivity contribution is 6.01. The SMILES string of the molecule is CC(C)(C)OC(=O)N(C(=O)OC(=O)c1ccccc1)[C@@H](CCCN)C(=O)O. The van der Waals surface area contributed by atoms with Crippen LogP contribution in [0.25, 0.3) is 0 Å². The molecule has 1 aromatic rings. The van der Waals surface area contributed by atoms with Crippen LogP contribution < -0.4 is 5.73 Å². The van der Waals surface area contributed by atoms with Crippen molar-refractivity contribution in [3.05, 3.63) is 35.9 Å². The highest BCUT2D eigenvalue weighted by Crippen LogP contribution is 2.17. The number of benzene rings is 1. The van der Waals surface area contributed by atoms with Crippen LogP contribution in [0.5, 0.6) is 0 Å². The highest BCUT2D eigenvalue weighted by Gasteiger charge is 2.39. The highest BCUT2D eigenvalue weighted by atomic mass is 16.6. The molecule has 9 heteroatoms. The van der Waals surface area contributed by atoms with Crippen molar-refractivity contribution in [1.29, 1.82) is 0 Å². The summed E-state index contributed by atoms with van der Waals surface area (Å²) in [5.41, 5.74) is 4.47. The summed E-state index contributed by atoms with van der Waals surface area (Å²) in [5, 5.41) is 9.43. The average molecular weight is 380 g/mol. The van der Waals surface area contributed by atoms with E-state index in [2.05, 4.69) is 0 Å². The van der Waals surface area contributed by atoms with Crippen molar-refractivity contribution in [3.8, 4) is 0 Å². The number of nitrogens with zero attached hydrogens (tertiary/aromatic N) is 1. The van der Waals surface area contributed by atoms with Gasteiger partial charge in [-0.2, -0.15) is 4.90 Å². The molecule has 1 rings (SSSR count). The van der Waals surface area contributed by atoms with Crippen LogP contribution in [0, 0.1) is 0 Å². The van der Waals surface area contributed by atoms with Gasteiger partial charge in [0.2, 0.25) is 0 Å². The van der Waals surface area contributed by atoms with Gasteiger partial charge < -0.3 is 20.3 Å². The maximum absolute atomic E-state index is 12.5. The van der Waals surface area contributed by atoms with Crippen molar-refractivity contribution in [2.75, 3.05) is 6.54 Å². The molecule has 0 unspecified atom stereocenters. The molecule has 2 amide bonds. The van der Waals surface area contributed by atoms with E-state index in [4.69, 9.17) is 15.2 Å². The smallest absolute Gasteiger partial charge is 0.428 e. The number of amides is 2. The Bertz CT molecular complexity index is 683. The molecule has 1 atom stereocenters. The molecule has 148 valence electrons. The Morgan fingerprint density at radius 2 is 1.70 bits per heavy atom. The van der Waals surface area contributed by atoms with Crippen LogP contribution in [-0.2, 0) is 14.3 Å². The lowest BCUT2D eigenvalue weighted by Crippen LogP contribution is -2.51. The molecule has 0 bridgehead atoms. The molecule has 0 spiro atoms. The van der Waals surface area contributed by atoms with Crippen LogP contribution >= 0.6 is 0 Å². The van der Waals surface area contributed by atoms with Gasteiger partial charge in [0.25, 0.3) is 0 Å². The van der Waals surface area contributed by atoms with Crippen molar-refractivity contribution >= 4 is 24.1 Å². The summed E-state index contributed by atoms with van der Waals surface area (Å²) in [6, 6.07) is 6.04. The number of rotatable bonds is 6. The number of carbonyl (C=O) groups is 4. The Kier molecular flexibility index (Phi) is 7.92. The summed E-state index contributed by atoms with van der Waals surface area (Å²) in [5.74, 6) is -2.46. The van der Waals surface area contributed by atoms with Crippen LogP contribution in [-0.4, -0.2) is 52.3 Å². The number of aliphatic carboxylic acids is 1. The maximum Gasteiger partial charge on any atom is 0.428 e. The fourth-order valence-electron chi connectivity index (χ4n) is 2.08. The molecule has 3 N–H and O–H groups in total. The van der Waals surface area contributed by atoms with E-state index in [-0.39, 0.29) is 24.9 Å². The van der Waals surface area contributed by atoms with Gasteiger partial charge in [0.05, 0.1) is 5.56 Å². The molecule has 0 saturated heterocycles.